The topological polar surface area (TPSA) is 0 Å². The number of hydrogen-bond acceptors (Lipinski definition) is 0. The van der Waals surface area contributed by atoms with E-state index in [9.17, 15) is 17.6 Å². The first-order valence-corrected chi connectivity index (χ1v) is 4.80. The standard InChI is InChI=1S/C10H11ClF4N/c1-16(2,3)7-5-4-6(11)8(9(7)12)10(13,14)15/h4-5H,1-3H3/q+1. The molecule has 0 radical (unpaired) electrons. The first-order chi connectivity index (χ1) is 7.05. The number of hydrogen-bond donors (Lipinski definition) is 0. The fourth-order valence-electron chi connectivity index (χ4n) is 1.32. The summed E-state index contributed by atoms with van der Waals surface area (Å²) in [6.45, 7) is 0. The molecule has 1 nitrogen and oxygen atoms in total. The lowest BCUT2D eigenvalue weighted by atomic mass is 10.1. The quantitative estimate of drug-likeness (QED) is 0.531. The summed E-state index contributed by atoms with van der Waals surface area (Å²) in [6, 6.07) is 2.32. The van der Waals surface area contributed by atoms with Crippen LogP contribution >= 0.6 is 11.6 Å². The Morgan fingerprint density at radius 3 is 2.00 bits per heavy atom. The van der Waals surface area contributed by atoms with E-state index in [1.54, 1.807) is 21.1 Å². The maximum Gasteiger partial charge on any atom is 0.420 e. The third-order valence-electron chi connectivity index (χ3n) is 2.08. The van der Waals surface area contributed by atoms with Crippen LogP contribution in [0, 0.1) is 5.82 Å². The van der Waals surface area contributed by atoms with Gasteiger partial charge in [-0.1, -0.05) is 11.6 Å². The van der Waals surface area contributed by atoms with Crippen molar-refractivity contribution in [3.63, 3.8) is 0 Å². The summed E-state index contributed by atoms with van der Waals surface area (Å²) in [5, 5.41) is -0.623. The monoisotopic (exact) mass is 256 g/mol. The highest BCUT2D eigenvalue weighted by atomic mass is 35.5. The molecule has 0 saturated heterocycles. The van der Waals surface area contributed by atoms with Crippen LogP contribution in [0.3, 0.4) is 0 Å². The van der Waals surface area contributed by atoms with Crippen LogP contribution < -0.4 is 4.48 Å². The first kappa shape index (κ1) is 13.3. The SMILES string of the molecule is C[N+](C)(C)c1ccc(Cl)c(C(F)(F)F)c1F. The van der Waals surface area contributed by atoms with Gasteiger partial charge in [0.05, 0.1) is 26.2 Å². The molecule has 0 aliphatic heterocycles. The third kappa shape index (κ3) is 2.47. The summed E-state index contributed by atoms with van der Waals surface area (Å²) >= 11 is 5.37. The number of rotatable bonds is 1. The maximum absolute atomic E-state index is 13.7. The van der Waals surface area contributed by atoms with Gasteiger partial charge in [0.2, 0.25) is 0 Å². The van der Waals surface area contributed by atoms with E-state index in [1.807, 2.05) is 0 Å². The molecule has 16 heavy (non-hydrogen) atoms. The largest absolute Gasteiger partial charge is 0.420 e. The highest BCUT2D eigenvalue weighted by Crippen LogP contribution is 2.40. The van der Waals surface area contributed by atoms with Crippen molar-refractivity contribution in [3.8, 4) is 0 Å². The highest BCUT2D eigenvalue weighted by Gasteiger charge is 2.39. The molecule has 1 aromatic carbocycles. The molecule has 0 spiro atoms. The van der Waals surface area contributed by atoms with Gasteiger partial charge in [0.25, 0.3) is 0 Å². The van der Waals surface area contributed by atoms with E-state index in [4.69, 9.17) is 11.6 Å². The van der Waals surface area contributed by atoms with Gasteiger partial charge in [0.1, 0.15) is 5.56 Å². The van der Waals surface area contributed by atoms with Crippen LogP contribution in [-0.4, -0.2) is 21.1 Å². The summed E-state index contributed by atoms with van der Waals surface area (Å²) in [4.78, 5) is 0. The molecule has 6 heteroatoms. The number of quaternary nitrogens is 1. The van der Waals surface area contributed by atoms with Crippen LogP contribution in [0.2, 0.25) is 5.02 Å². The van der Waals surface area contributed by atoms with Crippen LogP contribution in [0.15, 0.2) is 12.1 Å². The van der Waals surface area contributed by atoms with Crippen molar-refractivity contribution in [1.29, 1.82) is 0 Å². The van der Waals surface area contributed by atoms with Crippen LogP contribution in [0.25, 0.3) is 0 Å². The van der Waals surface area contributed by atoms with E-state index in [-0.39, 0.29) is 10.2 Å². The number of benzene rings is 1. The Balaban J connectivity index is 3.52. The van der Waals surface area contributed by atoms with Crippen molar-refractivity contribution in [1.82, 2.24) is 4.48 Å². The van der Waals surface area contributed by atoms with Crippen molar-refractivity contribution in [3.05, 3.63) is 28.5 Å². The molecule has 0 unspecified atom stereocenters. The molecule has 0 heterocycles. The summed E-state index contributed by atoms with van der Waals surface area (Å²) in [6.07, 6.45) is -4.79. The molecule has 1 aromatic rings. The average molecular weight is 257 g/mol. The Morgan fingerprint density at radius 1 is 1.12 bits per heavy atom. The molecule has 0 atom stereocenters. The van der Waals surface area contributed by atoms with Gasteiger partial charge in [-0.05, 0) is 6.07 Å². The zero-order chi connectivity index (χ0) is 12.7. The summed E-state index contributed by atoms with van der Waals surface area (Å²) in [5.41, 5.74) is -1.46. The van der Waals surface area contributed by atoms with E-state index in [0.717, 1.165) is 6.07 Å². The van der Waals surface area contributed by atoms with Crippen molar-refractivity contribution >= 4 is 17.3 Å². The van der Waals surface area contributed by atoms with Gasteiger partial charge in [-0.25, -0.2) is 0 Å². The Bertz CT molecular complexity index is 407. The molecule has 1 rings (SSSR count). The van der Waals surface area contributed by atoms with E-state index >= 15 is 0 Å². The molecular weight excluding hydrogens is 246 g/mol. The average Bonchev–Trinajstić information content (AvgIpc) is 1.97. The Kier molecular flexibility index (Phi) is 3.22. The summed E-state index contributed by atoms with van der Waals surface area (Å²) in [5.74, 6) is -1.31. The van der Waals surface area contributed by atoms with Crippen LogP contribution in [0.5, 0.6) is 0 Å². The number of halogens is 5. The van der Waals surface area contributed by atoms with Crippen molar-refractivity contribution in [2.75, 3.05) is 21.1 Å². The van der Waals surface area contributed by atoms with Gasteiger partial charge in [0, 0.05) is 6.07 Å². The second-order valence-corrected chi connectivity index (χ2v) is 4.67. The van der Waals surface area contributed by atoms with E-state index in [0.29, 0.717) is 0 Å². The minimum Gasteiger partial charge on any atom is -0.296 e. The van der Waals surface area contributed by atoms with Crippen molar-refractivity contribution in [2.45, 2.75) is 6.18 Å². The van der Waals surface area contributed by atoms with Gasteiger partial charge in [0.15, 0.2) is 11.5 Å². The normalized spacial score (nSPS) is 13.0. The molecule has 0 aliphatic rings. The molecule has 0 aromatic heterocycles. The second kappa shape index (κ2) is 3.89. The zero-order valence-electron chi connectivity index (χ0n) is 8.99. The molecule has 0 bridgehead atoms. The van der Waals surface area contributed by atoms with Crippen LogP contribution in [0.1, 0.15) is 5.56 Å². The van der Waals surface area contributed by atoms with Gasteiger partial charge in [-0.15, -0.1) is 0 Å². The van der Waals surface area contributed by atoms with Gasteiger partial charge in [-0.3, -0.25) is 4.48 Å². The number of nitrogens with zero attached hydrogens (tertiary/aromatic N) is 1. The predicted octanol–water partition coefficient (Wildman–Crippen LogP) is 3.69. The minimum atomic E-state index is -4.79. The highest BCUT2D eigenvalue weighted by molar-refractivity contribution is 6.31. The molecule has 0 N–H and O–H groups in total. The van der Waals surface area contributed by atoms with Crippen LogP contribution in [0.4, 0.5) is 23.2 Å². The van der Waals surface area contributed by atoms with E-state index in [2.05, 4.69) is 0 Å². The molecule has 0 amide bonds. The van der Waals surface area contributed by atoms with Crippen LogP contribution in [-0.2, 0) is 6.18 Å². The zero-order valence-corrected chi connectivity index (χ0v) is 9.75. The molecule has 0 saturated carbocycles. The van der Waals surface area contributed by atoms with Crippen molar-refractivity contribution in [2.24, 2.45) is 0 Å². The lowest BCUT2D eigenvalue weighted by Crippen LogP contribution is -2.36. The first-order valence-electron chi connectivity index (χ1n) is 4.42. The lowest BCUT2D eigenvalue weighted by molar-refractivity contribution is -0.139. The minimum absolute atomic E-state index is 0.0495. The smallest absolute Gasteiger partial charge is 0.296 e. The molecule has 90 valence electrons. The maximum atomic E-state index is 13.7. The number of alkyl halides is 3. The molecule has 0 aliphatic carbocycles. The van der Waals surface area contributed by atoms with Gasteiger partial charge >= 0.3 is 6.18 Å². The summed E-state index contributed by atoms with van der Waals surface area (Å²) in [7, 11) is 4.73. The van der Waals surface area contributed by atoms with E-state index in [1.165, 1.54) is 6.07 Å². The third-order valence-corrected chi connectivity index (χ3v) is 2.39. The van der Waals surface area contributed by atoms with E-state index < -0.39 is 22.6 Å². The lowest BCUT2D eigenvalue weighted by Gasteiger charge is -2.25. The Labute approximate surface area is 95.8 Å². The van der Waals surface area contributed by atoms with Crippen molar-refractivity contribution < 1.29 is 17.6 Å². The van der Waals surface area contributed by atoms with Gasteiger partial charge < -0.3 is 0 Å². The Hall–Kier alpha value is -0.810. The predicted molar refractivity (Wildman–Crippen MR) is 56.0 cm³/mol. The van der Waals surface area contributed by atoms with Gasteiger partial charge in [-0.2, -0.15) is 17.6 Å². The Morgan fingerprint density at radius 2 is 1.62 bits per heavy atom. The summed E-state index contributed by atoms with van der Waals surface area (Å²) < 4.78 is 51.3. The fourth-order valence-corrected chi connectivity index (χ4v) is 1.57. The fraction of sp³-hybridized carbons (Fsp3) is 0.400. The second-order valence-electron chi connectivity index (χ2n) is 4.27. The molecule has 0 fully saturated rings. The molecular formula is C10H11ClF4N+.